The van der Waals surface area contributed by atoms with Crippen LogP contribution in [0.1, 0.15) is 16.7 Å². The Hall–Kier alpha value is -4.22. The van der Waals surface area contributed by atoms with Crippen LogP contribution in [0.25, 0.3) is 16.5 Å². The van der Waals surface area contributed by atoms with Crippen molar-refractivity contribution in [2.45, 2.75) is 11.2 Å². The van der Waals surface area contributed by atoms with E-state index in [0.717, 1.165) is 27.5 Å². The molecule has 0 saturated heterocycles. The molecule has 0 amide bonds. The Morgan fingerprint density at radius 1 is 0.759 bits per heavy atom. The predicted octanol–water partition coefficient (Wildman–Crippen LogP) is 3.93. The number of nitrogens with two attached hydrogens (primary N) is 1. The Kier molecular flexibility index (Phi) is 2.71. The lowest BCUT2D eigenvalue weighted by molar-refractivity contribution is -0.176. The third-order valence-corrected chi connectivity index (χ3v) is 6.14. The van der Waals surface area contributed by atoms with Gasteiger partial charge in [0.05, 0.1) is 5.57 Å². The van der Waals surface area contributed by atoms with Gasteiger partial charge in [0, 0.05) is 11.1 Å². The molecule has 6 rings (SSSR count). The van der Waals surface area contributed by atoms with Crippen molar-refractivity contribution in [1.82, 2.24) is 0 Å². The number of hydrogen-bond donors (Lipinski definition) is 1. The van der Waals surface area contributed by atoms with Crippen molar-refractivity contribution in [3.05, 3.63) is 100 Å². The van der Waals surface area contributed by atoms with Crippen LogP contribution in [0.4, 0.5) is 0 Å². The van der Waals surface area contributed by atoms with E-state index in [-0.39, 0.29) is 11.5 Å². The van der Waals surface area contributed by atoms with Crippen LogP contribution >= 0.6 is 0 Å². The maximum Gasteiger partial charge on any atom is 0.299 e. The molecule has 2 heterocycles. The van der Waals surface area contributed by atoms with Crippen molar-refractivity contribution in [2.24, 2.45) is 5.73 Å². The van der Waals surface area contributed by atoms with Crippen LogP contribution in [0.15, 0.2) is 83.8 Å². The quantitative estimate of drug-likeness (QED) is 0.696. The van der Waals surface area contributed by atoms with Gasteiger partial charge in [-0.1, -0.05) is 66.7 Å². The van der Waals surface area contributed by atoms with E-state index in [4.69, 9.17) is 15.2 Å². The first-order chi connectivity index (χ1) is 14.2. The third kappa shape index (κ3) is 1.50. The fraction of sp³-hybridized carbons (Fsp3) is 0.0833. The van der Waals surface area contributed by atoms with Crippen LogP contribution < -0.4 is 5.73 Å². The van der Waals surface area contributed by atoms with Crippen LogP contribution in [-0.2, 0) is 20.7 Å². The van der Waals surface area contributed by atoms with Gasteiger partial charge in [0.1, 0.15) is 23.5 Å². The van der Waals surface area contributed by atoms with E-state index in [1.807, 2.05) is 66.7 Å². The minimum absolute atomic E-state index is 0.00105. The van der Waals surface area contributed by atoms with E-state index >= 15 is 0 Å². The van der Waals surface area contributed by atoms with Crippen LogP contribution in [0.2, 0.25) is 0 Å². The monoisotopic (exact) mass is 375 g/mol. The molecule has 2 aliphatic heterocycles. The highest BCUT2D eigenvalue weighted by molar-refractivity contribution is 5.99. The minimum atomic E-state index is -1.40. The van der Waals surface area contributed by atoms with Gasteiger partial charge in [-0.05, 0) is 16.3 Å². The molecule has 29 heavy (non-hydrogen) atoms. The summed E-state index contributed by atoms with van der Waals surface area (Å²) in [5, 5.41) is 22.3. The highest BCUT2D eigenvalue weighted by atomic mass is 16.7. The van der Waals surface area contributed by atoms with E-state index < -0.39 is 11.2 Å². The fourth-order valence-corrected chi connectivity index (χ4v) is 5.14. The van der Waals surface area contributed by atoms with Crippen LogP contribution in [0, 0.1) is 22.7 Å². The van der Waals surface area contributed by atoms with Crippen LogP contribution in [0.3, 0.4) is 0 Å². The molecule has 5 nitrogen and oxygen atoms in total. The first kappa shape index (κ1) is 15.8. The summed E-state index contributed by atoms with van der Waals surface area (Å²) < 4.78 is 12.7. The van der Waals surface area contributed by atoms with Gasteiger partial charge in [-0.3, -0.25) is 0 Å². The van der Waals surface area contributed by atoms with Gasteiger partial charge in [0.25, 0.3) is 5.79 Å². The zero-order valence-corrected chi connectivity index (χ0v) is 15.1. The summed E-state index contributed by atoms with van der Waals surface area (Å²) >= 11 is 0. The average molecular weight is 375 g/mol. The number of rotatable bonds is 1. The molecule has 0 bridgehead atoms. The number of nitriles is 2. The Morgan fingerprint density at radius 2 is 1.45 bits per heavy atom. The third-order valence-electron chi connectivity index (χ3n) is 6.14. The molecule has 0 saturated carbocycles. The second kappa shape index (κ2) is 4.98. The van der Waals surface area contributed by atoms with Crippen molar-refractivity contribution < 1.29 is 9.47 Å². The SMILES string of the molecule is N#CC1=C(N)O[C@@]23OC(c4ccccc4)=C(C#N)[C@@]12c1cccc2cccc3c12. The van der Waals surface area contributed by atoms with Crippen LogP contribution in [0.5, 0.6) is 0 Å². The number of hydrogen-bond acceptors (Lipinski definition) is 5. The maximum absolute atomic E-state index is 10.3. The molecule has 0 radical (unpaired) electrons. The summed E-state index contributed by atoms with van der Waals surface area (Å²) in [7, 11) is 0. The Morgan fingerprint density at radius 3 is 2.14 bits per heavy atom. The predicted molar refractivity (Wildman–Crippen MR) is 105 cm³/mol. The molecule has 5 heteroatoms. The standard InChI is InChI=1S/C24H13N3O2/c25-12-18-21(15-6-2-1-3-7-15)28-24-17-11-5-9-14-8-4-10-16(20(14)17)23(18,24)19(13-26)22(27)29-24/h1-11H,27H2/t23-,24+/m0/s1. The van der Waals surface area contributed by atoms with Crippen molar-refractivity contribution in [2.75, 3.05) is 0 Å². The van der Waals surface area contributed by atoms with Gasteiger partial charge in [-0.25, -0.2) is 0 Å². The second-order valence-corrected chi connectivity index (χ2v) is 7.31. The van der Waals surface area contributed by atoms with Crippen molar-refractivity contribution in [1.29, 1.82) is 10.5 Å². The lowest BCUT2D eigenvalue weighted by Crippen LogP contribution is -2.43. The molecular formula is C24H13N3O2. The highest BCUT2D eigenvalue weighted by Gasteiger charge is 2.76. The van der Waals surface area contributed by atoms with Crippen LogP contribution in [-0.4, -0.2) is 0 Å². The first-order valence-electron chi connectivity index (χ1n) is 9.20. The fourth-order valence-electron chi connectivity index (χ4n) is 5.14. The number of nitrogens with zero attached hydrogens (tertiary/aromatic N) is 2. The zero-order valence-electron chi connectivity index (χ0n) is 15.1. The molecule has 0 fully saturated rings. The summed E-state index contributed by atoms with van der Waals surface area (Å²) in [6.45, 7) is 0. The van der Waals surface area contributed by atoms with Gasteiger partial charge < -0.3 is 15.2 Å². The summed E-state index contributed by atoms with van der Waals surface area (Å²) in [5.74, 6) is -0.986. The lowest BCUT2D eigenvalue weighted by atomic mass is 9.68. The lowest BCUT2D eigenvalue weighted by Gasteiger charge is -2.33. The second-order valence-electron chi connectivity index (χ2n) is 7.31. The molecular weight excluding hydrogens is 362 g/mol. The molecule has 0 unspecified atom stereocenters. The van der Waals surface area contributed by atoms with Gasteiger partial charge >= 0.3 is 0 Å². The number of ether oxygens (including phenoxy) is 2. The summed E-state index contributed by atoms with van der Waals surface area (Å²) in [6.07, 6.45) is 0. The van der Waals surface area contributed by atoms with Gasteiger partial charge in [-0.2, -0.15) is 10.5 Å². The molecule has 136 valence electrons. The highest BCUT2D eigenvalue weighted by Crippen LogP contribution is 2.71. The molecule has 0 aromatic heterocycles. The summed E-state index contributed by atoms with van der Waals surface area (Å²) in [5.41, 5.74) is 7.83. The van der Waals surface area contributed by atoms with Gasteiger partial charge in [-0.15, -0.1) is 0 Å². The molecule has 2 atom stereocenters. The van der Waals surface area contributed by atoms with E-state index in [1.165, 1.54) is 0 Å². The van der Waals surface area contributed by atoms with Crippen molar-refractivity contribution in [3.8, 4) is 12.1 Å². The number of benzene rings is 3. The normalized spacial score (nSPS) is 25.9. The van der Waals surface area contributed by atoms with E-state index in [0.29, 0.717) is 11.3 Å². The molecule has 0 spiro atoms. The molecule has 1 aliphatic carbocycles. The van der Waals surface area contributed by atoms with E-state index in [2.05, 4.69) is 12.1 Å². The topological polar surface area (TPSA) is 92.1 Å². The summed E-state index contributed by atoms with van der Waals surface area (Å²) in [4.78, 5) is 0. The Balaban J connectivity index is 1.82. The van der Waals surface area contributed by atoms with E-state index in [1.54, 1.807) is 0 Å². The smallest absolute Gasteiger partial charge is 0.299 e. The first-order valence-corrected chi connectivity index (χ1v) is 9.20. The Labute approximate surface area is 166 Å². The molecule has 3 aromatic carbocycles. The van der Waals surface area contributed by atoms with Gasteiger partial charge in [0.15, 0.2) is 5.41 Å². The zero-order chi connectivity index (χ0) is 19.8. The maximum atomic E-state index is 10.3. The molecule has 3 aromatic rings. The average Bonchev–Trinajstić information content (AvgIpc) is 3.27. The van der Waals surface area contributed by atoms with E-state index in [9.17, 15) is 10.5 Å². The molecule has 3 aliphatic rings. The largest absolute Gasteiger partial charge is 0.445 e. The molecule has 2 N–H and O–H groups in total. The van der Waals surface area contributed by atoms with Crippen molar-refractivity contribution >= 4 is 16.5 Å². The van der Waals surface area contributed by atoms with Gasteiger partial charge in [0.2, 0.25) is 5.88 Å². The summed E-state index contributed by atoms with van der Waals surface area (Å²) in [6, 6.07) is 25.7. The minimum Gasteiger partial charge on any atom is -0.445 e. The van der Waals surface area contributed by atoms with Crippen molar-refractivity contribution in [3.63, 3.8) is 0 Å². The Bertz CT molecular complexity index is 1390.